The average molecular weight is 384 g/mol. The van der Waals surface area contributed by atoms with Crippen molar-refractivity contribution in [3.8, 4) is 0 Å². The third kappa shape index (κ3) is 4.13. The van der Waals surface area contributed by atoms with Crippen LogP contribution in [0.15, 0.2) is 39.5 Å². The van der Waals surface area contributed by atoms with E-state index in [0.717, 1.165) is 42.0 Å². The summed E-state index contributed by atoms with van der Waals surface area (Å²) in [6.45, 7) is 1.97. The maximum Gasteiger partial charge on any atom is 0.332 e. The Labute approximate surface area is 150 Å². The van der Waals surface area contributed by atoms with Gasteiger partial charge in [-0.05, 0) is 43.5 Å². The number of hydrogen-bond acceptors (Lipinski definition) is 6. The number of sulfonamides is 1. The predicted octanol–water partition coefficient (Wildman–Crippen LogP) is 2.32. The number of carbonyl (C=O) groups is 1. The van der Waals surface area contributed by atoms with Gasteiger partial charge in [0.05, 0.1) is 10.6 Å². The fourth-order valence-electron chi connectivity index (χ4n) is 2.80. The largest absolute Gasteiger partial charge is 0.479 e. The highest BCUT2D eigenvalue weighted by atomic mass is 32.2. The molecule has 2 aliphatic heterocycles. The van der Waals surface area contributed by atoms with E-state index in [4.69, 9.17) is 0 Å². The summed E-state index contributed by atoms with van der Waals surface area (Å²) in [5.74, 6) is -0.670. The molecule has 8 nitrogen and oxygen atoms in total. The van der Waals surface area contributed by atoms with Crippen LogP contribution in [0.25, 0.3) is 0 Å². The van der Waals surface area contributed by atoms with E-state index in [1.165, 1.54) is 18.6 Å². The molecule has 1 atom stereocenters. The van der Waals surface area contributed by atoms with E-state index >= 15 is 0 Å². The highest BCUT2D eigenvalue weighted by Gasteiger charge is 2.40. The number of carboxylic acids is 1. The fraction of sp³-hybridized carbons (Fsp3) is 0.533. The first-order valence-corrected chi connectivity index (χ1v) is 10.6. The monoisotopic (exact) mass is 384 g/mol. The van der Waals surface area contributed by atoms with Crippen molar-refractivity contribution < 1.29 is 18.3 Å². The molecule has 2 fully saturated rings. The van der Waals surface area contributed by atoms with Gasteiger partial charge in [-0.2, -0.15) is 4.31 Å². The van der Waals surface area contributed by atoms with Crippen molar-refractivity contribution in [1.29, 1.82) is 0 Å². The maximum atomic E-state index is 12.7. The highest BCUT2D eigenvalue weighted by Crippen LogP contribution is 2.30. The molecular weight excluding hydrogens is 364 g/mol. The zero-order chi connectivity index (χ0) is 17.9. The summed E-state index contributed by atoms with van der Waals surface area (Å²) in [6, 6.07) is 6.06. The van der Waals surface area contributed by atoms with Crippen molar-refractivity contribution in [2.75, 3.05) is 25.4 Å². The Hall–Kier alpha value is -1.65. The summed E-state index contributed by atoms with van der Waals surface area (Å²) in [7, 11) is -3.84. The number of aliphatic carboxylic acids is 1. The molecule has 2 heterocycles. The molecule has 1 aromatic rings. The van der Waals surface area contributed by atoms with E-state index in [1.807, 2.05) is 5.01 Å². The Morgan fingerprint density at radius 3 is 2.44 bits per heavy atom. The highest BCUT2D eigenvalue weighted by molar-refractivity contribution is 8.02. The number of benzene rings is 1. The molecule has 10 heteroatoms. The fourth-order valence-corrected chi connectivity index (χ4v) is 5.80. The van der Waals surface area contributed by atoms with Gasteiger partial charge < -0.3 is 5.11 Å². The van der Waals surface area contributed by atoms with Gasteiger partial charge in [0.1, 0.15) is 0 Å². The van der Waals surface area contributed by atoms with Crippen LogP contribution >= 0.6 is 11.8 Å². The number of rotatable bonds is 5. The van der Waals surface area contributed by atoms with Gasteiger partial charge >= 0.3 is 5.97 Å². The summed E-state index contributed by atoms with van der Waals surface area (Å²) in [4.78, 5) is 11.3. The molecule has 0 unspecified atom stereocenters. The molecule has 2 saturated heterocycles. The summed E-state index contributed by atoms with van der Waals surface area (Å²) in [5.41, 5.74) is 0.565. The first-order valence-electron chi connectivity index (χ1n) is 8.11. The van der Waals surface area contributed by atoms with E-state index < -0.39 is 21.4 Å². The van der Waals surface area contributed by atoms with E-state index in [-0.39, 0.29) is 11.4 Å². The van der Waals surface area contributed by atoms with E-state index in [0.29, 0.717) is 11.4 Å². The molecule has 0 amide bonds. The van der Waals surface area contributed by atoms with Gasteiger partial charge in [-0.25, -0.2) is 13.2 Å². The molecule has 1 aromatic carbocycles. The number of thioether (sulfide) groups is 1. The molecule has 136 valence electrons. The average Bonchev–Trinajstić information content (AvgIpc) is 3.12. The molecule has 0 radical (unpaired) electrons. The second kappa shape index (κ2) is 7.71. The molecule has 0 spiro atoms. The van der Waals surface area contributed by atoms with Crippen LogP contribution in [0.3, 0.4) is 0 Å². The Morgan fingerprint density at radius 1 is 1.12 bits per heavy atom. The lowest BCUT2D eigenvalue weighted by atomic mass is 10.2. The van der Waals surface area contributed by atoms with Crippen LogP contribution < -0.4 is 0 Å². The molecule has 0 aromatic heterocycles. The van der Waals surface area contributed by atoms with Crippen LogP contribution in [0, 0.1) is 0 Å². The standard InChI is InChI=1S/C15H20N4O4S2/c20-15(21)14-19(10-11-24-14)25(22,23)13-6-4-12(5-7-13)16-17-18-8-2-1-3-9-18/h4-7,14H,1-3,8-11H2,(H,20,21)/t14-/m1/s1. The first kappa shape index (κ1) is 18.2. The van der Waals surface area contributed by atoms with E-state index in [9.17, 15) is 18.3 Å². The molecule has 2 aliphatic rings. The van der Waals surface area contributed by atoms with Crippen molar-refractivity contribution in [3.63, 3.8) is 0 Å². The molecule has 0 saturated carbocycles. The molecule has 1 N–H and O–H groups in total. The van der Waals surface area contributed by atoms with Crippen molar-refractivity contribution in [2.24, 2.45) is 10.3 Å². The SMILES string of the molecule is O=C(O)[C@H]1SCCN1S(=O)(=O)c1ccc(N=NN2CCCCC2)cc1. The van der Waals surface area contributed by atoms with Crippen LogP contribution in [0.2, 0.25) is 0 Å². The summed E-state index contributed by atoms with van der Waals surface area (Å²) in [6.07, 6.45) is 3.42. The number of nitrogens with zero attached hydrogens (tertiary/aromatic N) is 4. The number of piperidine rings is 1. The Bertz CT molecular complexity index is 745. The third-order valence-corrected chi connectivity index (χ3v) is 7.32. The Balaban J connectivity index is 1.72. The lowest BCUT2D eigenvalue weighted by Crippen LogP contribution is -2.39. The summed E-state index contributed by atoms with van der Waals surface area (Å²) < 4.78 is 26.3. The van der Waals surface area contributed by atoms with Crippen molar-refractivity contribution in [3.05, 3.63) is 24.3 Å². The van der Waals surface area contributed by atoms with Crippen LogP contribution in [-0.4, -0.2) is 59.6 Å². The van der Waals surface area contributed by atoms with Gasteiger partial charge in [0, 0.05) is 25.4 Å². The van der Waals surface area contributed by atoms with Crippen LogP contribution in [-0.2, 0) is 14.8 Å². The van der Waals surface area contributed by atoms with Gasteiger partial charge in [0.15, 0.2) is 5.37 Å². The van der Waals surface area contributed by atoms with Gasteiger partial charge in [-0.15, -0.1) is 16.9 Å². The quantitative estimate of drug-likeness (QED) is 0.782. The van der Waals surface area contributed by atoms with Gasteiger partial charge in [0.25, 0.3) is 0 Å². The normalized spacial score (nSPS) is 22.6. The van der Waals surface area contributed by atoms with Crippen molar-refractivity contribution in [1.82, 2.24) is 9.31 Å². The topological polar surface area (TPSA) is 103 Å². The van der Waals surface area contributed by atoms with Gasteiger partial charge in [0.2, 0.25) is 10.0 Å². The lowest BCUT2D eigenvalue weighted by Gasteiger charge is -2.21. The summed E-state index contributed by atoms with van der Waals surface area (Å²) >= 11 is 1.12. The number of carboxylic acid groups (broad SMARTS) is 1. The molecule has 0 bridgehead atoms. The first-order chi connectivity index (χ1) is 12.0. The Morgan fingerprint density at radius 2 is 1.80 bits per heavy atom. The zero-order valence-corrected chi connectivity index (χ0v) is 15.2. The third-order valence-electron chi connectivity index (χ3n) is 4.12. The summed E-state index contributed by atoms with van der Waals surface area (Å²) in [5, 5.41) is 18.3. The zero-order valence-electron chi connectivity index (χ0n) is 13.6. The molecule has 0 aliphatic carbocycles. The van der Waals surface area contributed by atoms with E-state index in [1.54, 1.807) is 12.1 Å². The molecule has 3 rings (SSSR count). The minimum Gasteiger partial charge on any atom is -0.479 e. The molecular formula is C15H20N4O4S2. The van der Waals surface area contributed by atoms with Gasteiger partial charge in [-0.1, -0.05) is 5.22 Å². The smallest absolute Gasteiger partial charge is 0.332 e. The van der Waals surface area contributed by atoms with E-state index in [2.05, 4.69) is 10.3 Å². The lowest BCUT2D eigenvalue weighted by molar-refractivity contribution is -0.138. The number of hydrogen-bond donors (Lipinski definition) is 1. The maximum absolute atomic E-state index is 12.7. The van der Waals surface area contributed by atoms with Crippen LogP contribution in [0.1, 0.15) is 19.3 Å². The van der Waals surface area contributed by atoms with Crippen molar-refractivity contribution in [2.45, 2.75) is 29.5 Å². The molecule has 25 heavy (non-hydrogen) atoms. The second-order valence-corrected chi connectivity index (χ2v) is 8.95. The Kier molecular flexibility index (Phi) is 5.60. The second-order valence-electron chi connectivity index (χ2n) is 5.87. The van der Waals surface area contributed by atoms with Crippen molar-refractivity contribution >= 4 is 33.4 Å². The predicted molar refractivity (Wildman–Crippen MR) is 94.2 cm³/mol. The van der Waals surface area contributed by atoms with Gasteiger partial charge in [-0.3, -0.25) is 5.01 Å². The minimum atomic E-state index is -3.84. The van der Waals surface area contributed by atoms with Crippen LogP contribution in [0.5, 0.6) is 0 Å². The van der Waals surface area contributed by atoms with Crippen LogP contribution in [0.4, 0.5) is 5.69 Å². The minimum absolute atomic E-state index is 0.0678.